The predicted molar refractivity (Wildman–Crippen MR) is 222 cm³/mol. The van der Waals surface area contributed by atoms with Crippen LogP contribution in [-0.2, 0) is 65.3 Å². The van der Waals surface area contributed by atoms with E-state index in [1.54, 1.807) is 40.1 Å². The first-order valence-electron chi connectivity index (χ1n) is 20.1. The molecular formula is C41H49B3F6N4O6. The molecule has 0 saturated heterocycles. The first kappa shape index (κ1) is 47.2. The number of halogens is 6. The summed E-state index contributed by atoms with van der Waals surface area (Å²) in [6.45, 7) is 14.3. The van der Waals surface area contributed by atoms with Crippen molar-refractivity contribution in [2.75, 3.05) is 0 Å². The van der Waals surface area contributed by atoms with Gasteiger partial charge < -0.3 is 33.9 Å². The zero-order valence-corrected chi connectivity index (χ0v) is 35.0. The van der Waals surface area contributed by atoms with E-state index in [0.717, 1.165) is 34.9 Å². The Morgan fingerprint density at radius 3 is 0.967 bits per heavy atom. The number of hydrogen-bond acceptors (Lipinski definition) is 6. The molecule has 4 rings (SSSR count). The fourth-order valence-electron chi connectivity index (χ4n) is 7.78. The number of hydrogen-bond donors (Lipinski definition) is 4. The second kappa shape index (κ2) is 21.2. The smallest absolute Gasteiger partial charge is 0.503 e. The molecule has 0 spiro atoms. The minimum absolute atomic E-state index is 0.0796. The van der Waals surface area contributed by atoms with Crippen LogP contribution >= 0.6 is 0 Å². The third kappa shape index (κ3) is 10.3. The number of carbonyl (C=O) groups excluding carboxylic acids is 3. The highest BCUT2D eigenvalue weighted by molar-refractivity contribution is 6.37. The maximum atomic E-state index is 14.2. The molecular weight excluding hydrogens is 791 g/mol. The van der Waals surface area contributed by atoms with E-state index >= 15 is 0 Å². The quantitative estimate of drug-likeness (QED) is 0.0193. The summed E-state index contributed by atoms with van der Waals surface area (Å²) >= 11 is 0. The highest BCUT2D eigenvalue weighted by atomic mass is 19.3. The molecule has 19 heteroatoms. The Hall–Kier alpha value is -5.48. The molecule has 0 bridgehead atoms. The van der Waals surface area contributed by atoms with Crippen molar-refractivity contribution in [3.05, 3.63) is 109 Å². The van der Waals surface area contributed by atoms with Crippen molar-refractivity contribution < 1.29 is 54.2 Å². The molecule has 0 fully saturated rings. The van der Waals surface area contributed by atoms with Gasteiger partial charge >= 0.3 is 22.4 Å². The number of aryl methyl sites for hydroxylation is 2. The third-order valence-electron chi connectivity index (χ3n) is 10.4. The third-order valence-corrected chi connectivity index (χ3v) is 10.4. The number of aromatic nitrogens is 4. The molecule has 0 radical (unpaired) electrons. The van der Waals surface area contributed by atoms with Gasteiger partial charge in [0.15, 0.2) is 0 Å². The van der Waals surface area contributed by atoms with Crippen LogP contribution < -0.4 is 0 Å². The molecule has 4 heterocycles. The molecule has 60 heavy (non-hydrogen) atoms. The zero-order chi connectivity index (χ0) is 44.4. The lowest BCUT2D eigenvalue weighted by Crippen LogP contribution is -2.10. The van der Waals surface area contributed by atoms with E-state index in [1.807, 2.05) is 27.7 Å². The summed E-state index contributed by atoms with van der Waals surface area (Å²) in [5.41, 5.74) is 4.42. The lowest BCUT2D eigenvalue weighted by Gasteiger charge is -2.10. The molecule has 4 N–H and O–H groups in total. The van der Waals surface area contributed by atoms with Crippen molar-refractivity contribution in [3.8, 4) is 0 Å². The van der Waals surface area contributed by atoms with E-state index < -0.39 is 57.0 Å². The summed E-state index contributed by atoms with van der Waals surface area (Å²) in [6.07, 6.45) is 8.80. The van der Waals surface area contributed by atoms with Crippen LogP contribution in [0.2, 0.25) is 0 Å². The first-order chi connectivity index (χ1) is 28.6. The van der Waals surface area contributed by atoms with Crippen molar-refractivity contribution in [1.29, 1.82) is 0 Å². The highest BCUT2D eigenvalue weighted by Crippen LogP contribution is 2.35. The Morgan fingerprint density at radius 1 is 0.433 bits per heavy atom. The number of ketones is 3. The van der Waals surface area contributed by atoms with Gasteiger partial charge in [0.2, 0.25) is 17.3 Å². The summed E-state index contributed by atoms with van der Waals surface area (Å²) in [7, 11) is -10.2. The maximum Gasteiger partial charge on any atom is 0.796 e. The maximum absolute atomic E-state index is 14.2. The molecule has 4 aromatic rings. The summed E-state index contributed by atoms with van der Waals surface area (Å²) < 4.78 is 98.7. The van der Waals surface area contributed by atoms with E-state index in [9.17, 15) is 40.3 Å². The lowest BCUT2D eigenvalue weighted by molar-refractivity contribution is 0.103. The van der Waals surface area contributed by atoms with Gasteiger partial charge in [-0.15, -0.1) is 0 Å². The molecule has 0 aliphatic heterocycles. The number of H-pyrrole nitrogens is 4. The van der Waals surface area contributed by atoms with E-state index in [1.165, 1.54) is 0 Å². The average molecular weight is 840 g/mol. The molecule has 10 nitrogen and oxygen atoms in total. The van der Waals surface area contributed by atoms with Gasteiger partial charge in [0, 0.05) is 30.6 Å². The van der Waals surface area contributed by atoms with E-state index in [4.69, 9.17) is 14.0 Å². The van der Waals surface area contributed by atoms with Crippen LogP contribution in [0.25, 0.3) is 17.3 Å². The highest BCUT2D eigenvalue weighted by Gasteiger charge is 2.32. The summed E-state index contributed by atoms with van der Waals surface area (Å²) in [6, 6.07) is 0. The normalized spacial score (nSPS) is 12.2. The van der Waals surface area contributed by atoms with Gasteiger partial charge in [0.1, 0.15) is 17.3 Å². The van der Waals surface area contributed by atoms with Crippen LogP contribution in [-0.4, -0.2) is 59.7 Å². The van der Waals surface area contributed by atoms with Crippen LogP contribution in [0.1, 0.15) is 148 Å². The first-order valence-corrected chi connectivity index (χ1v) is 20.1. The molecule has 0 aliphatic carbocycles. The van der Waals surface area contributed by atoms with Gasteiger partial charge in [-0.2, -0.15) is 0 Å². The topological polar surface area (TPSA) is 142 Å². The van der Waals surface area contributed by atoms with Crippen LogP contribution in [0.5, 0.6) is 0 Å². The van der Waals surface area contributed by atoms with Crippen LogP contribution in [0, 0.1) is 0 Å². The van der Waals surface area contributed by atoms with Crippen LogP contribution in [0.15, 0.2) is 30.6 Å². The van der Waals surface area contributed by atoms with E-state index in [-0.39, 0.29) is 59.8 Å². The summed E-state index contributed by atoms with van der Waals surface area (Å²) in [5, 5.41) is 0. The number of allylic oxidation sites excluding steroid dienone is 3. The van der Waals surface area contributed by atoms with Gasteiger partial charge in [-0.3, -0.25) is 14.4 Å². The van der Waals surface area contributed by atoms with Crippen molar-refractivity contribution >= 4 is 57.0 Å². The molecule has 0 amide bonds. The van der Waals surface area contributed by atoms with Gasteiger partial charge in [0.05, 0.1) is 34.2 Å². The Bertz CT molecular complexity index is 2270. The SMILES string of the molecule is CCc1c[nH]c(C(=O)/C=C(\OB(F)F)c2[nH]c(/C(=C/C(=O)c3[nH]c(/C(=C\C(=O)c4[nH]cc(CC)c4CC)OB(F)F)c(CC)c3CC)OB(F)F)c(CC)c2CC)c1CC. The molecule has 0 aliphatic rings. The van der Waals surface area contributed by atoms with E-state index in [2.05, 4.69) is 19.9 Å². The van der Waals surface area contributed by atoms with E-state index in [0.29, 0.717) is 53.5 Å². The lowest BCUT2D eigenvalue weighted by atomic mass is 9.99. The fourth-order valence-corrected chi connectivity index (χ4v) is 7.78. The monoisotopic (exact) mass is 840 g/mol. The number of nitrogens with one attached hydrogen (secondary N) is 4. The largest absolute Gasteiger partial charge is 0.796 e. The standard InChI is InChI=1S/C41H49B3F6N4O6/c1-9-22-20-51-36(24(22)11-3)30(55)17-33(58-42(45)46)39-27(14-6)26(13-5)38(53-39)32(57)19-35(60-44(49)50)41-29(16-8)28(15-7)40(54-41)34(59-43(47)48)18-31(56)37-25(12-4)23(10-2)21-52-37/h17-21,51-54H,9-16H2,1-8H3/b33-17+,34-18-,35-19-. The van der Waals surface area contributed by atoms with Crippen molar-refractivity contribution in [2.45, 2.75) is 107 Å². The Labute approximate surface area is 346 Å². The number of aromatic amines is 4. The number of carbonyl (C=O) groups is 3. The molecule has 320 valence electrons. The minimum atomic E-state index is -3.46. The minimum Gasteiger partial charge on any atom is -0.503 e. The van der Waals surface area contributed by atoms with Gasteiger partial charge in [-0.25, -0.2) is 25.9 Å². The van der Waals surface area contributed by atoms with Crippen molar-refractivity contribution in [2.24, 2.45) is 0 Å². The molecule has 4 aromatic heterocycles. The molecule has 0 atom stereocenters. The van der Waals surface area contributed by atoms with Gasteiger partial charge in [-0.1, -0.05) is 55.4 Å². The fraction of sp³-hybridized carbons (Fsp3) is 0.390. The zero-order valence-electron chi connectivity index (χ0n) is 35.0. The Kier molecular flexibility index (Phi) is 16.7. The average Bonchev–Trinajstić information content (AvgIpc) is 4.00. The molecule has 0 unspecified atom stereocenters. The van der Waals surface area contributed by atoms with Gasteiger partial charge in [-0.05, 0) is 95.9 Å². The van der Waals surface area contributed by atoms with Crippen LogP contribution in [0.4, 0.5) is 25.9 Å². The predicted octanol–water partition coefficient (Wildman–Crippen LogP) is 9.99. The molecule has 0 saturated carbocycles. The Balaban J connectivity index is 1.91. The number of rotatable bonds is 23. The summed E-state index contributed by atoms with van der Waals surface area (Å²) in [5.74, 6) is -3.99. The second-order valence-corrected chi connectivity index (χ2v) is 13.6. The second-order valence-electron chi connectivity index (χ2n) is 13.6. The summed E-state index contributed by atoms with van der Waals surface area (Å²) in [4.78, 5) is 52.8. The van der Waals surface area contributed by atoms with Crippen molar-refractivity contribution in [1.82, 2.24) is 19.9 Å². The Morgan fingerprint density at radius 2 is 0.700 bits per heavy atom. The van der Waals surface area contributed by atoms with Crippen molar-refractivity contribution in [3.63, 3.8) is 0 Å². The molecule has 0 aromatic carbocycles. The van der Waals surface area contributed by atoms with Gasteiger partial charge in [0.25, 0.3) is 0 Å². The van der Waals surface area contributed by atoms with Crippen LogP contribution in [0.3, 0.4) is 0 Å².